The zero-order valence-electron chi connectivity index (χ0n) is 20.9. The second kappa shape index (κ2) is 10.0. The van der Waals surface area contributed by atoms with Crippen molar-refractivity contribution in [2.45, 2.75) is 32.7 Å². The van der Waals surface area contributed by atoms with E-state index in [0.29, 0.717) is 44.3 Å². The van der Waals surface area contributed by atoms with Gasteiger partial charge in [0.1, 0.15) is 5.69 Å². The number of rotatable bonds is 5. The summed E-state index contributed by atoms with van der Waals surface area (Å²) in [4.78, 5) is 30.8. The third-order valence-corrected chi connectivity index (χ3v) is 7.38. The number of fused-ring (bicyclic) bond motifs is 1. The van der Waals surface area contributed by atoms with Crippen molar-refractivity contribution in [3.05, 3.63) is 99.1 Å². The van der Waals surface area contributed by atoms with Gasteiger partial charge in [-0.05, 0) is 53.3 Å². The Kier molecular flexibility index (Phi) is 6.63. The summed E-state index contributed by atoms with van der Waals surface area (Å²) in [6.45, 7) is 8.32. The lowest BCUT2D eigenvalue weighted by molar-refractivity contribution is -0.384. The van der Waals surface area contributed by atoms with Gasteiger partial charge in [-0.25, -0.2) is 0 Å². The van der Waals surface area contributed by atoms with Gasteiger partial charge in [0.2, 0.25) is 0 Å². The molecule has 1 amide bonds. The lowest BCUT2D eigenvalue weighted by Crippen LogP contribution is -2.48. The smallest absolute Gasteiger partial charge is 0.292 e. The lowest BCUT2D eigenvalue weighted by Gasteiger charge is -2.37. The third kappa shape index (κ3) is 4.78. The normalized spacial score (nSPS) is 15.7. The summed E-state index contributed by atoms with van der Waals surface area (Å²) in [6, 6.07) is 21.6. The van der Waals surface area contributed by atoms with Crippen LogP contribution in [0.1, 0.15) is 46.8 Å². The molecule has 36 heavy (non-hydrogen) atoms. The zero-order valence-corrected chi connectivity index (χ0v) is 20.9. The quantitative estimate of drug-likeness (QED) is 0.366. The number of benzene rings is 3. The highest BCUT2D eigenvalue weighted by molar-refractivity contribution is 5.94. The van der Waals surface area contributed by atoms with E-state index in [9.17, 15) is 14.9 Å². The van der Waals surface area contributed by atoms with Crippen LogP contribution >= 0.6 is 0 Å². The van der Waals surface area contributed by atoms with Crippen molar-refractivity contribution in [3.63, 3.8) is 0 Å². The van der Waals surface area contributed by atoms with Crippen LogP contribution in [-0.4, -0.2) is 48.5 Å². The molecule has 2 aliphatic heterocycles. The Morgan fingerprint density at radius 3 is 2.22 bits per heavy atom. The number of hydrogen-bond donors (Lipinski definition) is 0. The molecule has 0 bridgehead atoms. The van der Waals surface area contributed by atoms with Crippen molar-refractivity contribution in [2.24, 2.45) is 0 Å². The average Bonchev–Trinajstić information content (AvgIpc) is 2.92. The van der Waals surface area contributed by atoms with E-state index in [0.717, 1.165) is 24.2 Å². The van der Waals surface area contributed by atoms with Gasteiger partial charge in [-0.3, -0.25) is 14.9 Å². The molecule has 0 radical (unpaired) electrons. The molecule has 0 spiro atoms. The highest BCUT2D eigenvalue weighted by Gasteiger charge is 2.27. The van der Waals surface area contributed by atoms with Crippen LogP contribution in [0.2, 0.25) is 0 Å². The van der Waals surface area contributed by atoms with E-state index in [2.05, 4.69) is 35.8 Å². The molecule has 0 N–H and O–H groups in total. The number of carbonyl (C=O) groups excluding carboxylic acids is 1. The van der Waals surface area contributed by atoms with Gasteiger partial charge in [-0.2, -0.15) is 0 Å². The van der Waals surface area contributed by atoms with Crippen molar-refractivity contribution >= 4 is 23.0 Å². The number of hydrogen-bond acceptors (Lipinski definition) is 5. The summed E-state index contributed by atoms with van der Waals surface area (Å²) in [5.74, 6) is 0.491. The standard InChI is InChI=1S/C29H32N4O3/c1-21(2)22-7-9-24(10-8-22)29(34)31-17-15-30(16-18-31)26-11-12-27(33(35)36)28(19-26)32-14-13-23-5-3-4-6-25(23)20-32/h3-12,19,21H,13-18,20H2,1-2H3. The van der Waals surface area contributed by atoms with Crippen molar-refractivity contribution in [2.75, 3.05) is 42.5 Å². The maximum atomic E-state index is 13.0. The third-order valence-electron chi connectivity index (χ3n) is 7.38. The molecule has 5 rings (SSSR count). The van der Waals surface area contributed by atoms with Crippen LogP contribution in [-0.2, 0) is 13.0 Å². The predicted octanol–water partition coefficient (Wildman–Crippen LogP) is 5.24. The molecule has 3 aromatic carbocycles. The fraction of sp³-hybridized carbons (Fsp3) is 0.345. The first-order valence-corrected chi connectivity index (χ1v) is 12.6. The van der Waals surface area contributed by atoms with Crippen LogP contribution < -0.4 is 9.80 Å². The van der Waals surface area contributed by atoms with Gasteiger partial charge in [-0.15, -0.1) is 0 Å². The zero-order chi connectivity index (χ0) is 25.2. The minimum absolute atomic E-state index is 0.0568. The van der Waals surface area contributed by atoms with E-state index in [-0.39, 0.29) is 16.5 Å². The van der Waals surface area contributed by atoms with Crippen molar-refractivity contribution < 1.29 is 9.72 Å². The van der Waals surface area contributed by atoms with E-state index in [1.165, 1.54) is 16.7 Å². The van der Waals surface area contributed by atoms with Gasteiger partial charge in [0, 0.05) is 56.6 Å². The summed E-state index contributed by atoms with van der Waals surface area (Å²) in [5.41, 5.74) is 6.23. The first-order chi connectivity index (χ1) is 17.4. The highest BCUT2D eigenvalue weighted by atomic mass is 16.6. The second-order valence-corrected chi connectivity index (χ2v) is 9.93. The molecule has 0 aromatic heterocycles. The fourth-order valence-corrected chi connectivity index (χ4v) is 5.18. The van der Waals surface area contributed by atoms with Gasteiger partial charge in [0.15, 0.2) is 0 Å². The topological polar surface area (TPSA) is 69.9 Å². The summed E-state index contributed by atoms with van der Waals surface area (Å²) >= 11 is 0. The first kappa shape index (κ1) is 23.9. The van der Waals surface area contributed by atoms with E-state index >= 15 is 0 Å². The Morgan fingerprint density at radius 1 is 0.861 bits per heavy atom. The molecule has 1 saturated heterocycles. The molecule has 7 nitrogen and oxygen atoms in total. The SMILES string of the molecule is CC(C)c1ccc(C(=O)N2CCN(c3ccc([N+](=O)[O-])c(N4CCc5ccccc5C4)c3)CC2)cc1. The maximum Gasteiger partial charge on any atom is 0.292 e. The highest BCUT2D eigenvalue weighted by Crippen LogP contribution is 2.36. The molecule has 186 valence electrons. The number of piperazine rings is 1. The summed E-state index contributed by atoms with van der Waals surface area (Å²) in [7, 11) is 0. The maximum absolute atomic E-state index is 13.0. The minimum Gasteiger partial charge on any atom is -0.368 e. The minimum atomic E-state index is -0.291. The molecule has 1 fully saturated rings. The van der Waals surface area contributed by atoms with Crippen LogP contribution in [0.4, 0.5) is 17.1 Å². The molecule has 3 aromatic rings. The Balaban J connectivity index is 1.30. The lowest BCUT2D eigenvalue weighted by atomic mass is 9.99. The van der Waals surface area contributed by atoms with Crippen LogP contribution in [0.15, 0.2) is 66.7 Å². The fourth-order valence-electron chi connectivity index (χ4n) is 5.18. The number of nitrogens with zero attached hydrogens (tertiary/aromatic N) is 4. The van der Waals surface area contributed by atoms with Crippen molar-refractivity contribution in [3.8, 4) is 0 Å². The number of amides is 1. The van der Waals surface area contributed by atoms with Gasteiger partial charge < -0.3 is 14.7 Å². The van der Waals surface area contributed by atoms with Crippen LogP contribution in [0.3, 0.4) is 0 Å². The average molecular weight is 485 g/mol. The van der Waals surface area contributed by atoms with Crippen molar-refractivity contribution in [1.29, 1.82) is 0 Å². The molecule has 0 aliphatic carbocycles. The molecule has 0 unspecified atom stereocenters. The monoisotopic (exact) mass is 484 g/mol. The first-order valence-electron chi connectivity index (χ1n) is 12.6. The molecule has 0 saturated carbocycles. The Labute approximate surface area is 212 Å². The van der Waals surface area contributed by atoms with Crippen molar-refractivity contribution in [1.82, 2.24) is 4.90 Å². The largest absolute Gasteiger partial charge is 0.368 e. The second-order valence-electron chi connectivity index (χ2n) is 9.93. The molecule has 7 heteroatoms. The number of nitro groups is 1. The van der Waals surface area contributed by atoms with Gasteiger partial charge in [0.25, 0.3) is 11.6 Å². The number of nitro benzene ring substituents is 1. The predicted molar refractivity (Wildman–Crippen MR) is 143 cm³/mol. The van der Waals surface area contributed by atoms with Crippen LogP contribution in [0, 0.1) is 10.1 Å². The molecule has 2 aliphatic rings. The summed E-state index contributed by atoms with van der Waals surface area (Å²) in [6.07, 6.45) is 0.872. The Hall–Kier alpha value is -3.87. The van der Waals surface area contributed by atoms with E-state index in [1.807, 2.05) is 53.4 Å². The molecule has 0 atom stereocenters. The van der Waals surface area contributed by atoms with Gasteiger partial charge >= 0.3 is 0 Å². The van der Waals surface area contributed by atoms with Gasteiger partial charge in [-0.1, -0.05) is 50.2 Å². The molecule has 2 heterocycles. The Morgan fingerprint density at radius 2 is 1.56 bits per heavy atom. The number of anilines is 2. The molecular weight excluding hydrogens is 452 g/mol. The Bertz CT molecular complexity index is 1260. The van der Waals surface area contributed by atoms with Crippen LogP contribution in [0.25, 0.3) is 0 Å². The molecular formula is C29H32N4O3. The van der Waals surface area contributed by atoms with Gasteiger partial charge in [0.05, 0.1) is 4.92 Å². The van der Waals surface area contributed by atoms with E-state index in [4.69, 9.17) is 0 Å². The van der Waals surface area contributed by atoms with Crippen LogP contribution in [0.5, 0.6) is 0 Å². The van der Waals surface area contributed by atoms with E-state index < -0.39 is 0 Å². The summed E-state index contributed by atoms with van der Waals surface area (Å²) in [5, 5.41) is 11.8. The summed E-state index contributed by atoms with van der Waals surface area (Å²) < 4.78 is 0. The van der Waals surface area contributed by atoms with E-state index in [1.54, 1.807) is 6.07 Å². The number of carbonyl (C=O) groups is 1.